The first-order valence-corrected chi connectivity index (χ1v) is 8.27. The molecule has 1 N–H and O–H groups in total. The largest absolute Gasteiger partial charge is 0.310 e. The van der Waals surface area contributed by atoms with E-state index in [1.54, 1.807) is 17.8 Å². The summed E-state index contributed by atoms with van der Waals surface area (Å²) >= 11 is 5.11. The molecule has 0 saturated heterocycles. The molecular weight excluding hydrogens is 337 g/mol. The molecule has 0 aromatic heterocycles. The van der Waals surface area contributed by atoms with E-state index in [1.807, 2.05) is 18.2 Å². The van der Waals surface area contributed by atoms with Crippen molar-refractivity contribution in [1.82, 2.24) is 5.32 Å². The summed E-state index contributed by atoms with van der Waals surface area (Å²) in [5.74, 6) is -0.169. The fraction of sp³-hybridized carbons (Fsp3) is 0.250. The third-order valence-corrected chi connectivity index (χ3v) is 4.88. The van der Waals surface area contributed by atoms with Crippen molar-refractivity contribution in [3.8, 4) is 0 Å². The van der Waals surface area contributed by atoms with Crippen molar-refractivity contribution in [2.24, 2.45) is 0 Å². The maximum atomic E-state index is 13.4. The molecule has 0 bridgehead atoms. The van der Waals surface area contributed by atoms with Crippen LogP contribution in [-0.4, -0.2) is 6.04 Å². The van der Waals surface area contributed by atoms with Crippen molar-refractivity contribution >= 4 is 27.7 Å². The van der Waals surface area contributed by atoms with Crippen LogP contribution in [0, 0.1) is 5.82 Å². The Morgan fingerprint density at radius 3 is 2.60 bits per heavy atom. The van der Waals surface area contributed by atoms with Crippen LogP contribution in [0.1, 0.15) is 18.4 Å². The van der Waals surface area contributed by atoms with Crippen molar-refractivity contribution in [3.05, 3.63) is 58.3 Å². The normalized spacial score (nSPS) is 14.5. The summed E-state index contributed by atoms with van der Waals surface area (Å²) in [5.41, 5.74) is 1.03. The van der Waals surface area contributed by atoms with Gasteiger partial charge in [0, 0.05) is 26.9 Å². The van der Waals surface area contributed by atoms with Crippen molar-refractivity contribution in [2.45, 2.75) is 35.2 Å². The Kier molecular flexibility index (Phi) is 4.44. The van der Waals surface area contributed by atoms with E-state index < -0.39 is 0 Å². The van der Waals surface area contributed by atoms with Crippen LogP contribution >= 0.6 is 27.7 Å². The fourth-order valence-corrected chi connectivity index (χ4v) is 3.15. The minimum absolute atomic E-state index is 0.169. The molecule has 4 heteroatoms. The topological polar surface area (TPSA) is 12.0 Å². The summed E-state index contributed by atoms with van der Waals surface area (Å²) in [7, 11) is 0. The Morgan fingerprint density at radius 1 is 1.15 bits per heavy atom. The molecule has 0 atom stereocenters. The Labute approximate surface area is 131 Å². The van der Waals surface area contributed by atoms with Crippen LogP contribution in [0.3, 0.4) is 0 Å². The molecular formula is C16H15BrFNS. The molecule has 2 aromatic rings. The van der Waals surface area contributed by atoms with Gasteiger partial charge in [0.2, 0.25) is 0 Å². The molecule has 1 fully saturated rings. The summed E-state index contributed by atoms with van der Waals surface area (Å²) in [4.78, 5) is 2.27. The predicted molar refractivity (Wildman–Crippen MR) is 84.5 cm³/mol. The molecule has 1 aliphatic carbocycles. The first-order valence-electron chi connectivity index (χ1n) is 6.66. The highest BCUT2D eigenvalue weighted by atomic mass is 79.9. The Balaban J connectivity index is 1.77. The molecule has 3 rings (SSSR count). The second kappa shape index (κ2) is 6.29. The molecule has 20 heavy (non-hydrogen) atoms. The van der Waals surface area contributed by atoms with Gasteiger partial charge in [0.05, 0.1) is 0 Å². The molecule has 1 nitrogen and oxygen atoms in total. The molecule has 0 spiro atoms. The maximum absolute atomic E-state index is 13.4. The van der Waals surface area contributed by atoms with Crippen molar-refractivity contribution in [1.29, 1.82) is 0 Å². The summed E-state index contributed by atoms with van der Waals surface area (Å²) in [6.45, 7) is 0.737. The molecule has 0 aliphatic heterocycles. The third kappa shape index (κ3) is 3.84. The zero-order valence-electron chi connectivity index (χ0n) is 10.9. The standard InChI is InChI=1S/C16H15BrFNS/c17-12-1-6-15(7-2-12)20-16-8-3-13(18)9-11(16)10-19-14-4-5-14/h1-3,6-9,14,19H,4-5,10H2. The maximum Gasteiger partial charge on any atom is 0.123 e. The number of hydrogen-bond donors (Lipinski definition) is 1. The summed E-state index contributed by atoms with van der Waals surface area (Å²) in [6, 6.07) is 13.8. The fourth-order valence-electron chi connectivity index (χ4n) is 1.96. The van der Waals surface area contributed by atoms with E-state index in [2.05, 4.69) is 33.4 Å². The van der Waals surface area contributed by atoms with E-state index in [-0.39, 0.29) is 5.82 Å². The highest BCUT2D eigenvalue weighted by Crippen LogP contribution is 2.32. The van der Waals surface area contributed by atoms with E-state index in [0.29, 0.717) is 6.04 Å². The van der Waals surface area contributed by atoms with Crippen LogP contribution in [0.25, 0.3) is 0 Å². The van der Waals surface area contributed by atoms with Crippen molar-refractivity contribution in [3.63, 3.8) is 0 Å². The van der Waals surface area contributed by atoms with Gasteiger partial charge in [0.15, 0.2) is 0 Å². The average Bonchev–Trinajstić information content (AvgIpc) is 3.25. The molecule has 1 aliphatic rings. The van der Waals surface area contributed by atoms with Gasteiger partial charge < -0.3 is 5.32 Å². The van der Waals surface area contributed by atoms with E-state index in [9.17, 15) is 4.39 Å². The van der Waals surface area contributed by atoms with E-state index in [1.165, 1.54) is 18.9 Å². The monoisotopic (exact) mass is 351 g/mol. The van der Waals surface area contributed by atoms with Crippen molar-refractivity contribution in [2.75, 3.05) is 0 Å². The molecule has 0 amide bonds. The lowest BCUT2D eigenvalue weighted by atomic mass is 10.2. The smallest absolute Gasteiger partial charge is 0.123 e. The van der Waals surface area contributed by atoms with Gasteiger partial charge in [-0.05, 0) is 60.9 Å². The van der Waals surface area contributed by atoms with E-state index in [0.717, 1.165) is 26.4 Å². The molecule has 2 aromatic carbocycles. The van der Waals surface area contributed by atoms with Gasteiger partial charge in [0.25, 0.3) is 0 Å². The van der Waals surface area contributed by atoms with Gasteiger partial charge in [-0.1, -0.05) is 27.7 Å². The lowest BCUT2D eigenvalue weighted by Crippen LogP contribution is -2.15. The third-order valence-electron chi connectivity index (χ3n) is 3.22. The highest BCUT2D eigenvalue weighted by Gasteiger charge is 2.20. The lowest BCUT2D eigenvalue weighted by molar-refractivity contribution is 0.616. The minimum atomic E-state index is -0.169. The van der Waals surface area contributed by atoms with Gasteiger partial charge in [0.1, 0.15) is 5.82 Å². The number of nitrogens with one attached hydrogen (secondary N) is 1. The van der Waals surface area contributed by atoms with Crippen LogP contribution in [-0.2, 0) is 6.54 Å². The Morgan fingerprint density at radius 2 is 1.90 bits per heavy atom. The average molecular weight is 352 g/mol. The van der Waals surface area contributed by atoms with Crippen LogP contribution in [0.5, 0.6) is 0 Å². The second-order valence-corrected chi connectivity index (χ2v) is 6.99. The summed E-state index contributed by atoms with van der Waals surface area (Å²) in [6.07, 6.45) is 2.48. The highest BCUT2D eigenvalue weighted by molar-refractivity contribution is 9.10. The van der Waals surface area contributed by atoms with Crippen molar-refractivity contribution < 1.29 is 4.39 Å². The quantitative estimate of drug-likeness (QED) is 0.814. The molecule has 1 saturated carbocycles. The van der Waals surface area contributed by atoms with E-state index in [4.69, 9.17) is 0 Å². The summed E-state index contributed by atoms with van der Waals surface area (Å²) < 4.78 is 14.5. The van der Waals surface area contributed by atoms with Crippen LogP contribution < -0.4 is 5.32 Å². The Bertz CT molecular complexity index is 596. The first kappa shape index (κ1) is 14.1. The second-order valence-electron chi connectivity index (χ2n) is 4.96. The van der Waals surface area contributed by atoms with E-state index >= 15 is 0 Å². The zero-order valence-corrected chi connectivity index (χ0v) is 13.3. The lowest BCUT2D eigenvalue weighted by Gasteiger charge is -2.10. The number of hydrogen-bond acceptors (Lipinski definition) is 2. The van der Waals surface area contributed by atoms with Crippen LogP contribution in [0.4, 0.5) is 4.39 Å². The van der Waals surface area contributed by atoms with Crippen LogP contribution in [0.15, 0.2) is 56.7 Å². The van der Waals surface area contributed by atoms with Crippen LogP contribution in [0.2, 0.25) is 0 Å². The summed E-state index contributed by atoms with van der Waals surface area (Å²) in [5, 5.41) is 3.45. The molecule has 0 radical (unpaired) electrons. The van der Waals surface area contributed by atoms with Gasteiger partial charge in [-0.3, -0.25) is 0 Å². The Hall–Kier alpha value is -0.840. The number of rotatable bonds is 5. The minimum Gasteiger partial charge on any atom is -0.310 e. The predicted octanol–water partition coefficient (Wildman–Crippen LogP) is 4.99. The van der Waals surface area contributed by atoms with Gasteiger partial charge in [-0.25, -0.2) is 4.39 Å². The van der Waals surface area contributed by atoms with Gasteiger partial charge in [-0.2, -0.15) is 0 Å². The van der Waals surface area contributed by atoms with Gasteiger partial charge >= 0.3 is 0 Å². The molecule has 0 unspecified atom stereocenters. The first-order chi connectivity index (χ1) is 9.70. The zero-order chi connectivity index (χ0) is 13.9. The number of halogens is 2. The van der Waals surface area contributed by atoms with Gasteiger partial charge in [-0.15, -0.1) is 0 Å². The molecule has 0 heterocycles. The molecule has 104 valence electrons. The number of benzene rings is 2. The SMILES string of the molecule is Fc1ccc(Sc2ccc(Br)cc2)c(CNC2CC2)c1.